The van der Waals surface area contributed by atoms with Gasteiger partial charge in [0.1, 0.15) is 0 Å². The smallest absolute Gasteiger partial charge is 0.338 e. The molecule has 3 N–H and O–H groups in total. The van der Waals surface area contributed by atoms with Crippen LogP contribution in [0, 0.1) is 5.92 Å². The van der Waals surface area contributed by atoms with Crippen LogP contribution in [0.1, 0.15) is 32.4 Å². The number of carbonyl (C=O) groups is 2. The van der Waals surface area contributed by atoms with Gasteiger partial charge in [0.2, 0.25) is 0 Å². The molecule has 0 aliphatic carbocycles. The molecule has 0 radical (unpaired) electrons. The summed E-state index contributed by atoms with van der Waals surface area (Å²) in [6.07, 6.45) is 0. The Morgan fingerprint density at radius 3 is 2.64 bits per heavy atom. The fourth-order valence-corrected chi connectivity index (χ4v) is 2.86. The van der Waals surface area contributed by atoms with Gasteiger partial charge in [0.25, 0.3) is 0 Å². The molecule has 1 aliphatic heterocycles. The molecular formula is C17H21ClN2O5. The van der Waals surface area contributed by atoms with Crippen LogP contribution < -0.4 is 15.4 Å². The fourth-order valence-electron chi connectivity index (χ4n) is 2.64. The number of ether oxygens (including phenoxy) is 2. The third-order valence-corrected chi connectivity index (χ3v) is 4.07. The molecule has 0 saturated heterocycles. The summed E-state index contributed by atoms with van der Waals surface area (Å²) in [7, 11) is 1.39. The van der Waals surface area contributed by atoms with E-state index in [0.717, 1.165) is 0 Å². The van der Waals surface area contributed by atoms with Crippen molar-refractivity contribution in [2.24, 2.45) is 5.92 Å². The number of phenols is 1. The highest BCUT2D eigenvalue weighted by atomic mass is 35.5. The van der Waals surface area contributed by atoms with Gasteiger partial charge in [0, 0.05) is 5.70 Å². The zero-order valence-corrected chi connectivity index (χ0v) is 15.2. The molecule has 1 aliphatic rings. The van der Waals surface area contributed by atoms with Gasteiger partial charge in [-0.05, 0) is 30.5 Å². The second-order valence-corrected chi connectivity index (χ2v) is 6.19. The Kier molecular flexibility index (Phi) is 5.79. The number of methoxy groups -OCH3 is 1. The van der Waals surface area contributed by atoms with Crippen LogP contribution in [0.3, 0.4) is 0 Å². The molecule has 7 nitrogen and oxygen atoms in total. The quantitative estimate of drug-likeness (QED) is 0.694. The van der Waals surface area contributed by atoms with E-state index in [4.69, 9.17) is 21.1 Å². The van der Waals surface area contributed by atoms with E-state index in [0.29, 0.717) is 16.8 Å². The van der Waals surface area contributed by atoms with Crippen LogP contribution in [0.25, 0.3) is 0 Å². The number of allylic oxidation sites excluding steroid dienone is 1. The van der Waals surface area contributed by atoms with Gasteiger partial charge in [-0.2, -0.15) is 0 Å². The van der Waals surface area contributed by atoms with Crippen molar-refractivity contribution in [2.45, 2.75) is 26.8 Å². The van der Waals surface area contributed by atoms with Gasteiger partial charge in [-0.1, -0.05) is 25.4 Å². The summed E-state index contributed by atoms with van der Waals surface area (Å²) in [5.41, 5.74) is 1.27. The number of rotatable bonds is 5. The summed E-state index contributed by atoms with van der Waals surface area (Å²) < 4.78 is 10.3. The number of phenolic OH excluding ortho intramolecular Hbond substituents is 1. The largest absolute Gasteiger partial charge is 0.503 e. The normalized spacial score (nSPS) is 17.2. The van der Waals surface area contributed by atoms with E-state index in [-0.39, 0.29) is 29.0 Å². The van der Waals surface area contributed by atoms with Crippen LogP contribution in [0.5, 0.6) is 11.5 Å². The van der Waals surface area contributed by atoms with Crippen molar-refractivity contribution >= 4 is 23.6 Å². The number of esters is 1. The molecule has 136 valence electrons. The molecule has 0 fully saturated rings. The van der Waals surface area contributed by atoms with Crippen LogP contribution in [0.2, 0.25) is 5.02 Å². The Hall–Kier alpha value is -2.41. The number of urea groups is 1. The van der Waals surface area contributed by atoms with Gasteiger partial charge >= 0.3 is 12.0 Å². The molecule has 8 heteroatoms. The number of halogens is 1. The van der Waals surface area contributed by atoms with E-state index in [9.17, 15) is 14.7 Å². The number of hydrogen-bond acceptors (Lipinski definition) is 5. The molecule has 0 saturated carbocycles. The number of carbonyl (C=O) groups excluding carboxylic acids is 2. The zero-order chi connectivity index (χ0) is 18.7. The molecule has 1 heterocycles. The highest BCUT2D eigenvalue weighted by Crippen LogP contribution is 2.39. The van der Waals surface area contributed by atoms with E-state index in [2.05, 4.69) is 10.6 Å². The number of hydrogen-bond donors (Lipinski definition) is 3. The Morgan fingerprint density at radius 1 is 1.40 bits per heavy atom. The summed E-state index contributed by atoms with van der Waals surface area (Å²) in [5, 5.41) is 15.3. The van der Waals surface area contributed by atoms with Crippen LogP contribution >= 0.6 is 11.6 Å². The molecule has 2 amide bonds. The first-order valence-electron chi connectivity index (χ1n) is 7.85. The second kappa shape index (κ2) is 7.65. The first-order valence-corrected chi connectivity index (χ1v) is 8.23. The Bertz CT molecular complexity index is 730. The number of nitrogens with one attached hydrogen (secondary N) is 2. The predicted molar refractivity (Wildman–Crippen MR) is 92.6 cm³/mol. The average Bonchev–Trinajstić information content (AvgIpc) is 2.56. The predicted octanol–water partition coefficient (Wildman–Crippen LogP) is 2.88. The summed E-state index contributed by atoms with van der Waals surface area (Å²) in [4.78, 5) is 24.6. The summed E-state index contributed by atoms with van der Waals surface area (Å²) in [6, 6.07) is 1.78. The Labute approximate surface area is 150 Å². The lowest BCUT2D eigenvalue weighted by Crippen LogP contribution is -2.47. The summed E-state index contributed by atoms with van der Waals surface area (Å²) >= 11 is 6.05. The molecule has 0 spiro atoms. The fraction of sp³-hybridized carbons (Fsp3) is 0.412. The molecule has 0 bridgehead atoms. The summed E-state index contributed by atoms with van der Waals surface area (Å²) in [5.74, 6) is -0.710. The second-order valence-electron chi connectivity index (χ2n) is 5.79. The lowest BCUT2D eigenvalue weighted by molar-refractivity contribution is -0.139. The minimum Gasteiger partial charge on any atom is -0.503 e. The number of benzene rings is 1. The SMILES string of the molecule is CCOC(=O)C1=C(C(C)C)NC(=O)NC1c1cc(Cl)c(O)c(OC)c1. The number of amides is 2. The Balaban J connectivity index is 2.63. The van der Waals surface area contributed by atoms with E-state index >= 15 is 0 Å². The van der Waals surface area contributed by atoms with Gasteiger partial charge in [-0.3, -0.25) is 0 Å². The van der Waals surface area contributed by atoms with Gasteiger partial charge in [0.15, 0.2) is 11.5 Å². The van der Waals surface area contributed by atoms with Crippen LogP contribution in [0.4, 0.5) is 4.79 Å². The first kappa shape index (κ1) is 18.9. The van der Waals surface area contributed by atoms with Gasteiger partial charge in [0.05, 0.1) is 30.4 Å². The van der Waals surface area contributed by atoms with E-state index in [1.165, 1.54) is 19.2 Å². The minimum absolute atomic E-state index is 0.0523. The third kappa shape index (κ3) is 3.82. The molecule has 0 aromatic heterocycles. The molecule has 1 unspecified atom stereocenters. The van der Waals surface area contributed by atoms with Crippen molar-refractivity contribution < 1.29 is 24.2 Å². The highest BCUT2D eigenvalue weighted by molar-refractivity contribution is 6.32. The zero-order valence-electron chi connectivity index (χ0n) is 14.5. The van der Waals surface area contributed by atoms with Crippen molar-refractivity contribution in [1.29, 1.82) is 0 Å². The third-order valence-electron chi connectivity index (χ3n) is 3.78. The van der Waals surface area contributed by atoms with Gasteiger partial charge in [-0.25, -0.2) is 9.59 Å². The lowest BCUT2D eigenvalue weighted by atomic mass is 9.91. The molecule has 2 rings (SSSR count). The molecule has 1 atom stereocenters. The van der Waals surface area contributed by atoms with Crippen molar-refractivity contribution in [1.82, 2.24) is 10.6 Å². The lowest BCUT2D eigenvalue weighted by Gasteiger charge is -2.31. The Morgan fingerprint density at radius 2 is 2.08 bits per heavy atom. The monoisotopic (exact) mass is 368 g/mol. The molecule has 1 aromatic carbocycles. The molecular weight excluding hydrogens is 348 g/mol. The van der Waals surface area contributed by atoms with Crippen molar-refractivity contribution in [3.05, 3.63) is 34.0 Å². The van der Waals surface area contributed by atoms with E-state index < -0.39 is 18.0 Å². The molecule has 25 heavy (non-hydrogen) atoms. The van der Waals surface area contributed by atoms with Gasteiger partial charge < -0.3 is 25.2 Å². The molecule has 1 aromatic rings. The van der Waals surface area contributed by atoms with Crippen molar-refractivity contribution in [3.63, 3.8) is 0 Å². The van der Waals surface area contributed by atoms with Crippen LogP contribution in [-0.4, -0.2) is 30.8 Å². The number of aromatic hydroxyl groups is 1. The average molecular weight is 369 g/mol. The maximum Gasteiger partial charge on any atom is 0.338 e. The van der Waals surface area contributed by atoms with Gasteiger partial charge in [-0.15, -0.1) is 0 Å². The van der Waals surface area contributed by atoms with Crippen LogP contribution in [0.15, 0.2) is 23.4 Å². The first-order chi connectivity index (χ1) is 11.8. The van der Waals surface area contributed by atoms with Crippen molar-refractivity contribution in [2.75, 3.05) is 13.7 Å². The maximum absolute atomic E-state index is 12.5. The highest BCUT2D eigenvalue weighted by Gasteiger charge is 2.35. The standard InChI is InChI=1S/C17H21ClN2O5/c1-5-25-16(22)12-13(8(2)3)19-17(23)20-14(12)9-6-10(18)15(21)11(7-9)24-4/h6-8,14,21H,5H2,1-4H3,(H2,19,20,23). The summed E-state index contributed by atoms with van der Waals surface area (Å²) in [6.45, 7) is 5.63. The van der Waals surface area contributed by atoms with E-state index in [1.807, 2.05) is 13.8 Å². The maximum atomic E-state index is 12.5. The van der Waals surface area contributed by atoms with Crippen molar-refractivity contribution in [3.8, 4) is 11.5 Å². The topological polar surface area (TPSA) is 96.9 Å². The minimum atomic E-state index is -0.780. The van der Waals surface area contributed by atoms with E-state index in [1.54, 1.807) is 6.92 Å². The van der Waals surface area contributed by atoms with Crippen LogP contribution in [-0.2, 0) is 9.53 Å².